The molecule has 0 aliphatic heterocycles. The molecule has 0 fully saturated rings. The Morgan fingerprint density at radius 1 is 1.42 bits per heavy atom. The number of carbonyl (C=O) groups is 2. The van der Waals surface area contributed by atoms with E-state index in [1.807, 2.05) is 34.0 Å². The molecule has 0 unspecified atom stereocenters. The topological polar surface area (TPSA) is 67.2 Å². The van der Waals surface area contributed by atoms with Gasteiger partial charge in [0.15, 0.2) is 0 Å². The first kappa shape index (κ1) is 15.2. The fourth-order valence-electron chi connectivity index (χ4n) is 1.47. The average Bonchev–Trinajstić information content (AvgIpc) is 2.69. The molecule has 19 heavy (non-hydrogen) atoms. The molecular weight excluding hydrogens is 244 g/mol. The van der Waals surface area contributed by atoms with E-state index in [1.54, 1.807) is 22.8 Å². The lowest BCUT2D eigenvalue weighted by Gasteiger charge is -2.20. The van der Waals surface area contributed by atoms with Crippen molar-refractivity contribution in [3.8, 4) is 0 Å². The molecule has 0 aromatic carbocycles. The summed E-state index contributed by atoms with van der Waals surface area (Å²) in [5.74, 6) is -0.253. The quantitative estimate of drug-likeness (QED) is 0.865. The van der Waals surface area contributed by atoms with Crippen LogP contribution in [0.25, 0.3) is 0 Å². The van der Waals surface area contributed by atoms with Crippen molar-refractivity contribution in [1.82, 2.24) is 20.0 Å². The summed E-state index contributed by atoms with van der Waals surface area (Å²) in [6, 6.07) is 0. The zero-order valence-corrected chi connectivity index (χ0v) is 12.2. The summed E-state index contributed by atoms with van der Waals surface area (Å²) in [5.41, 5.74) is 0.475. The predicted molar refractivity (Wildman–Crippen MR) is 72.1 cm³/mol. The highest BCUT2D eigenvalue weighted by Gasteiger charge is 2.22. The zero-order valence-electron chi connectivity index (χ0n) is 12.2. The average molecular weight is 266 g/mol. The maximum Gasteiger partial charge on any atom is 0.242 e. The minimum Gasteiger partial charge on any atom is -0.347 e. The second kappa shape index (κ2) is 5.86. The van der Waals surface area contributed by atoms with Crippen molar-refractivity contribution >= 4 is 11.8 Å². The maximum atomic E-state index is 11.9. The molecule has 0 aliphatic carbocycles. The SMILES string of the molecule is CN(Cc1cnn(C)c1)C(=O)CNC(=O)C(C)(C)C. The summed E-state index contributed by atoms with van der Waals surface area (Å²) < 4.78 is 1.69. The monoisotopic (exact) mass is 266 g/mol. The molecule has 2 amide bonds. The minimum atomic E-state index is -0.484. The van der Waals surface area contributed by atoms with E-state index in [0.29, 0.717) is 6.54 Å². The Hall–Kier alpha value is -1.85. The number of aryl methyl sites for hydroxylation is 1. The Morgan fingerprint density at radius 3 is 2.53 bits per heavy atom. The van der Waals surface area contributed by atoms with Crippen LogP contribution >= 0.6 is 0 Å². The molecule has 1 N–H and O–H groups in total. The third-order valence-corrected chi connectivity index (χ3v) is 2.69. The van der Waals surface area contributed by atoms with Gasteiger partial charge in [0.2, 0.25) is 11.8 Å². The van der Waals surface area contributed by atoms with Gasteiger partial charge in [0.25, 0.3) is 0 Å². The van der Waals surface area contributed by atoms with Crippen molar-refractivity contribution in [3.05, 3.63) is 18.0 Å². The number of aromatic nitrogens is 2. The third kappa shape index (κ3) is 4.73. The maximum absolute atomic E-state index is 11.9. The Morgan fingerprint density at radius 2 is 2.05 bits per heavy atom. The minimum absolute atomic E-state index is 0.0207. The van der Waals surface area contributed by atoms with Crippen molar-refractivity contribution in [3.63, 3.8) is 0 Å². The number of hydrogen-bond acceptors (Lipinski definition) is 3. The molecule has 0 radical (unpaired) electrons. The summed E-state index contributed by atoms with van der Waals surface area (Å²) >= 11 is 0. The van der Waals surface area contributed by atoms with Crippen LogP contribution in [0.15, 0.2) is 12.4 Å². The van der Waals surface area contributed by atoms with Crippen LogP contribution in [0.5, 0.6) is 0 Å². The second-order valence-corrected chi connectivity index (χ2v) is 5.70. The van der Waals surface area contributed by atoms with E-state index in [0.717, 1.165) is 5.56 Å². The van der Waals surface area contributed by atoms with Gasteiger partial charge < -0.3 is 10.2 Å². The molecule has 0 saturated carbocycles. The third-order valence-electron chi connectivity index (χ3n) is 2.69. The molecule has 1 heterocycles. The highest BCUT2D eigenvalue weighted by molar-refractivity contribution is 5.87. The summed E-state index contributed by atoms with van der Waals surface area (Å²) in [7, 11) is 3.54. The van der Waals surface area contributed by atoms with Crippen LogP contribution < -0.4 is 5.32 Å². The van der Waals surface area contributed by atoms with Crippen LogP contribution in [0.1, 0.15) is 26.3 Å². The zero-order chi connectivity index (χ0) is 14.6. The molecule has 6 heteroatoms. The Bertz CT molecular complexity index is 459. The lowest BCUT2D eigenvalue weighted by atomic mass is 9.96. The van der Waals surface area contributed by atoms with Gasteiger partial charge in [-0.3, -0.25) is 14.3 Å². The van der Waals surface area contributed by atoms with E-state index in [-0.39, 0.29) is 18.4 Å². The van der Waals surface area contributed by atoms with Gasteiger partial charge in [-0.25, -0.2) is 0 Å². The summed E-state index contributed by atoms with van der Waals surface area (Å²) in [4.78, 5) is 25.1. The molecular formula is C13H22N4O2. The van der Waals surface area contributed by atoms with Crippen LogP contribution in [-0.2, 0) is 23.2 Å². The lowest BCUT2D eigenvalue weighted by molar-refractivity contribution is -0.134. The first-order valence-corrected chi connectivity index (χ1v) is 6.20. The molecule has 1 aromatic heterocycles. The largest absolute Gasteiger partial charge is 0.347 e. The molecule has 6 nitrogen and oxygen atoms in total. The lowest BCUT2D eigenvalue weighted by Crippen LogP contribution is -2.42. The fourth-order valence-corrected chi connectivity index (χ4v) is 1.47. The molecule has 0 bridgehead atoms. The van der Waals surface area contributed by atoms with Gasteiger partial charge in [0, 0.05) is 37.8 Å². The molecule has 106 valence electrons. The summed E-state index contributed by atoms with van der Waals surface area (Å²) in [6.07, 6.45) is 3.58. The summed E-state index contributed by atoms with van der Waals surface area (Å²) in [6.45, 7) is 5.94. The predicted octanol–water partition coefficient (Wildman–Crippen LogP) is 0.541. The van der Waals surface area contributed by atoms with Crippen molar-refractivity contribution in [1.29, 1.82) is 0 Å². The Labute approximate surface area is 113 Å². The van der Waals surface area contributed by atoms with Gasteiger partial charge in [-0.05, 0) is 0 Å². The number of nitrogens with one attached hydrogen (secondary N) is 1. The van der Waals surface area contributed by atoms with Crippen molar-refractivity contribution < 1.29 is 9.59 Å². The molecule has 0 aliphatic rings. The van der Waals surface area contributed by atoms with Gasteiger partial charge >= 0.3 is 0 Å². The van der Waals surface area contributed by atoms with E-state index in [1.165, 1.54) is 0 Å². The first-order valence-electron chi connectivity index (χ1n) is 6.20. The van der Waals surface area contributed by atoms with E-state index < -0.39 is 5.41 Å². The van der Waals surface area contributed by atoms with Gasteiger partial charge in [0.05, 0.1) is 12.7 Å². The highest BCUT2D eigenvalue weighted by Crippen LogP contribution is 2.12. The number of rotatable bonds is 4. The highest BCUT2D eigenvalue weighted by atomic mass is 16.2. The van der Waals surface area contributed by atoms with Crippen LogP contribution in [0.3, 0.4) is 0 Å². The van der Waals surface area contributed by atoms with E-state index in [9.17, 15) is 9.59 Å². The van der Waals surface area contributed by atoms with Gasteiger partial charge in [0.1, 0.15) is 0 Å². The number of nitrogens with zero attached hydrogens (tertiary/aromatic N) is 3. The van der Waals surface area contributed by atoms with Crippen LogP contribution in [0.4, 0.5) is 0 Å². The van der Waals surface area contributed by atoms with E-state index >= 15 is 0 Å². The standard InChI is InChI=1S/C13H22N4O2/c1-13(2,3)12(19)14-7-11(18)16(4)8-10-6-15-17(5)9-10/h6,9H,7-8H2,1-5H3,(H,14,19). The van der Waals surface area contributed by atoms with Gasteiger partial charge in [-0.2, -0.15) is 5.10 Å². The Kier molecular flexibility index (Phi) is 4.69. The number of hydrogen-bond donors (Lipinski definition) is 1. The van der Waals surface area contributed by atoms with Gasteiger partial charge in [-0.1, -0.05) is 20.8 Å². The number of likely N-dealkylation sites (N-methyl/N-ethyl adjacent to an activating group) is 1. The smallest absolute Gasteiger partial charge is 0.242 e. The van der Waals surface area contributed by atoms with Crippen molar-refractivity contribution in [2.24, 2.45) is 12.5 Å². The van der Waals surface area contributed by atoms with E-state index in [4.69, 9.17) is 0 Å². The second-order valence-electron chi connectivity index (χ2n) is 5.70. The first-order chi connectivity index (χ1) is 8.70. The summed E-state index contributed by atoms with van der Waals surface area (Å²) in [5, 5.41) is 6.69. The number of amides is 2. The molecule has 0 saturated heterocycles. The molecule has 1 aromatic rings. The van der Waals surface area contributed by atoms with E-state index in [2.05, 4.69) is 10.4 Å². The number of carbonyl (C=O) groups excluding carboxylic acids is 2. The van der Waals surface area contributed by atoms with Crippen LogP contribution in [0.2, 0.25) is 0 Å². The van der Waals surface area contributed by atoms with Gasteiger partial charge in [-0.15, -0.1) is 0 Å². The van der Waals surface area contributed by atoms with Crippen molar-refractivity contribution in [2.45, 2.75) is 27.3 Å². The fraction of sp³-hybridized carbons (Fsp3) is 0.615. The van der Waals surface area contributed by atoms with Crippen LogP contribution in [-0.4, -0.2) is 40.1 Å². The Balaban J connectivity index is 2.43. The molecule has 1 rings (SSSR count). The van der Waals surface area contributed by atoms with Crippen molar-refractivity contribution in [2.75, 3.05) is 13.6 Å². The molecule has 0 spiro atoms. The van der Waals surface area contributed by atoms with Crippen LogP contribution in [0, 0.1) is 5.41 Å². The normalized spacial score (nSPS) is 11.2. The molecule has 0 atom stereocenters.